The Morgan fingerprint density at radius 3 is 2.79 bits per heavy atom. The van der Waals surface area contributed by atoms with Gasteiger partial charge in [0.2, 0.25) is 0 Å². The van der Waals surface area contributed by atoms with Crippen LogP contribution in [0.5, 0.6) is 0 Å². The zero-order chi connectivity index (χ0) is 13.7. The fourth-order valence-electron chi connectivity index (χ4n) is 2.50. The molecular weight excluding hydrogens is 262 g/mol. The molecule has 1 aromatic rings. The first-order valence-corrected chi connectivity index (χ1v) is 7.67. The molecule has 1 fully saturated rings. The Morgan fingerprint density at radius 1 is 1.47 bits per heavy atom. The van der Waals surface area contributed by atoms with Gasteiger partial charge in [0, 0.05) is 24.0 Å². The average molecular weight is 283 g/mol. The minimum Gasteiger partial charge on any atom is -0.317 e. The number of nitrogens with one attached hydrogen (secondary N) is 1. The quantitative estimate of drug-likeness (QED) is 0.643. The molecule has 0 amide bonds. The summed E-state index contributed by atoms with van der Waals surface area (Å²) in [6, 6.07) is 3.49. The number of nitro groups is 1. The van der Waals surface area contributed by atoms with Crippen molar-refractivity contribution in [3.05, 3.63) is 27.1 Å². The zero-order valence-corrected chi connectivity index (χ0v) is 12.1. The van der Waals surface area contributed by atoms with Crippen LogP contribution in [-0.4, -0.2) is 36.0 Å². The van der Waals surface area contributed by atoms with Crippen LogP contribution in [0.25, 0.3) is 0 Å². The van der Waals surface area contributed by atoms with Crippen molar-refractivity contribution in [1.82, 2.24) is 10.2 Å². The summed E-state index contributed by atoms with van der Waals surface area (Å²) in [5, 5.41) is 14.3. The second kappa shape index (κ2) is 6.98. The Hall–Kier alpha value is -0.980. The summed E-state index contributed by atoms with van der Waals surface area (Å²) < 4.78 is 0. The van der Waals surface area contributed by atoms with Crippen molar-refractivity contribution in [1.29, 1.82) is 0 Å². The summed E-state index contributed by atoms with van der Waals surface area (Å²) in [6.07, 6.45) is 2.47. The normalized spacial score (nSPS) is 16.9. The summed E-state index contributed by atoms with van der Waals surface area (Å²) in [7, 11) is 0. The molecule has 0 radical (unpaired) electrons. The van der Waals surface area contributed by atoms with E-state index in [4.69, 9.17) is 0 Å². The highest BCUT2D eigenvalue weighted by Crippen LogP contribution is 2.25. The first-order chi connectivity index (χ1) is 9.19. The lowest BCUT2D eigenvalue weighted by Gasteiger charge is -2.29. The Kier molecular flexibility index (Phi) is 5.30. The van der Waals surface area contributed by atoms with Crippen molar-refractivity contribution in [2.75, 3.05) is 26.2 Å². The van der Waals surface area contributed by atoms with Gasteiger partial charge in [-0.1, -0.05) is 18.3 Å². The summed E-state index contributed by atoms with van der Waals surface area (Å²) in [4.78, 5) is 13.9. The smallest absolute Gasteiger partial charge is 0.317 e. The van der Waals surface area contributed by atoms with Crippen molar-refractivity contribution in [3.63, 3.8) is 0 Å². The van der Waals surface area contributed by atoms with Gasteiger partial charge < -0.3 is 5.32 Å². The molecule has 0 spiro atoms. The Balaban J connectivity index is 1.88. The van der Waals surface area contributed by atoms with Crippen molar-refractivity contribution in [2.24, 2.45) is 5.92 Å². The van der Waals surface area contributed by atoms with E-state index >= 15 is 0 Å². The highest BCUT2D eigenvalue weighted by atomic mass is 32.1. The predicted octanol–water partition coefficient (Wildman–Crippen LogP) is 2.48. The second-order valence-electron chi connectivity index (χ2n) is 5.02. The molecule has 0 saturated carbocycles. The van der Waals surface area contributed by atoms with Gasteiger partial charge in [0.05, 0.1) is 4.92 Å². The minimum atomic E-state index is -0.308. The minimum absolute atomic E-state index is 0.243. The molecule has 6 heteroatoms. The van der Waals surface area contributed by atoms with Crippen LogP contribution in [0.1, 0.15) is 24.6 Å². The highest BCUT2D eigenvalue weighted by molar-refractivity contribution is 7.15. The largest absolute Gasteiger partial charge is 0.324 e. The Morgan fingerprint density at radius 2 is 2.21 bits per heavy atom. The van der Waals surface area contributed by atoms with Gasteiger partial charge in [-0.2, -0.15) is 0 Å². The SMILES string of the molecule is CCN(Cc1ccc([N+](=O)[O-])s1)CC1CCNCC1. The van der Waals surface area contributed by atoms with E-state index in [2.05, 4.69) is 17.1 Å². The van der Waals surface area contributed by atoms with Gasteiger partial charge in [0.25, 0.3) is 0 Å². The third kappa shape index (κ3) is 4.26. The number of nitrogens with zero attached hydrogens (tertiary/aromatic N) is 2. The first-order valence-electron chi connectivity index (χ1n) is 6.85. The van der Waals surface area contributed by atoms with Crippen LogP contribution < -0.4 is 5.32 Å². The van der Waals surface area contributed by atoms with Crippen molar-refractivity contribution < 1.29 is 4.92 Å². The van der Waals surface area contributed by atoms with E-state index in [0.717, 1.165) is 43.5 Å². The summed E-state index contributed by atoms with van der Waals surface area (Å²) in [5.41, 5.74) is 0. The Labute approximate surface area is 117 Å². The van der Waals surface area contributed by atoms with Crippen molar-refractivity contribution in [3.8, 4) is 0 Å². The van der Waals surface area contributed by atoms with Gasteiger partial charge in [-0.15, -0.1) is 0 Å². The highest BCUT2D eigenvalue weighted by Gasteiger charge is 2.17. The molecule has 0 atom stereocenters. The molecule has 2 heterocycles. The van der Waals surface area contributed by atoms with Crippen LogP contribution in [-0.2, 0) is 6.54 Å². The molecule has 106 valence electrons. The lowest BCUT2D eigenvalue weighted by atomic mass is 9.97. The molecule has 0 unspecified atom stereocenters. The van der Waals surface area contributed by atoms with E-state index < -0.39 is 0 Å². The third-order valence-corrected chi connectivity index (χ3v) is 4.65. The van der Waals surface area contributed by atoms with E-state index in [1.54, 1.807) is 6.07 Å². The molecule has 0 aromatic carbocycles. The van der Waals surface area contributed by atoms with E-state index in [9.17, 15) is 10.1 Å². The van der Waals surface area contributed by atoms with Gasteiger partial charge in [0.15, 0.2) is 0 Å². The van der Waals surface area contributed by atoms with E-state index in [0.29, 0.717) is 0 Å². The van der Waals surface area contributed by atoms with Crippen LogP contribution >= 0.6 is 11.3 Å². The van der Waals surface area contributed by atoms with Crippen LogP contribution in [0, 0.1) is 16.0 Å². The molecule has 0 aliphatic carbocycles. The maximum absolute atomic E-state index is 10.7. The number of rotatable bonds is 6. The third-order valence-electron chi connectivity index (χ3n) is 3.63. The van der Waals surface area contributed by atoms with Crippen LogP contribution in [0.4, 0.5) is 5.00 Å². The van der Waals surface area contributed by atoms with Gasteiger partial charge in [-0.05, 0) is 44.5 Å². The monoisotopic (exact) mass is 283 g/mol. The van der Waals surface area contributed by atoms with Gasteiger partial charge in [-0.3, -0.25) is 15.0 Å². The Bertz CT molecular complexity index is 416. The van der Waals surface area contributed by atoms with Crippen LogP contribution in [0.2, 0.25) is 0 Å². The second-order valence-corrected chi connectivity index (χ2v) is 6.16. The molecule has 1 aliphatic rings. The zero-order valence-electron chi connectivity index (χ0n) is 11.3. The van der Waals surface area contributed by atoms with Crippen molar-refractivity contribution in [2.45, 2.75) is 26.3 Å². The standard InChI is InChI=1S/C13H21N3O2S/c1-2-15(9-11-5-7-14-8-6-11)10-12-3-4-13(19-12)16(17)18/h3-4,11,14H,2,5-10H2,1H3. The molecule has 0 bridgehead atoms. The fraction of sp³-hybridized carbons (Fsp3) is 0.692. The van der Waals surface area contributed by atoms with E-state index in [1.165, 1.54) is 24.2 Å². The van der Waals surface area contributed by atoms with Gasteiger partial charge in [0.1, 0.15) is 0 Å². The topological polar surface area (TPSA) is 58.4 Å². The first kappa shape index (κ1) is 14.4. The van der Waals surface area contributed by atoms with Crippen molar-refractivity contribution >= 4 is 16.3 Å². The van der Waals surface area contributed by atoms with E-state index in [-0.39, 0.29) is 9.92 Å². The average Bonchev–Trinajstić information content (AvgIpc) is 2.88. The molecule has 1 N–H and O–H groups in total. The maximum Gasteiger partial charge on any atom is 0.324 e. The molecule has 19 heavy (non-hydrogen) atoms. The molecular formula is C13H21N3O2S. The lowest BCUT2D eigenvalue weighted by molar-refractivity contribution is -0.380. The summed E-state index contributed by atoms with van der Waals surface area (Å²) in [5.74, 6) is 0.760. The summed E-state index contributed by atoms with van der Waals surface area (Å²) in [6.45, 7) is 7.32. The lowest BCUT2D eigenvalue weighted by Crippen LogP contribution is -2.35. The fourth-order valence-corrected chi connectivity index (χ4v) is 3.37. The number of hydrogen-bond donors (Lipinski definition) is 1. The predicted molar refractivity (Wildman–Crippen MR) is 77.5 cm³/mol. The summed E-state index contributed by atoms with van der Waals surface area (Å²) >= 11 is 1.29. The molecule has 1 aliphatic heterocycles. The number of thiophene rings is 1. The molecule has 1 aromatic heterocycles. The maximum atomic E-state index is 10.7. The van der Waals surface area contributed by atoms with E-state index in [1.807, 2.05) is 6.07 Å². The van der Waals surface area contributed by atoms with Gasteiger partial charge in [-0.25, -0.2) is 0 Å². The number of piperidine rings is 1. The number of hydrogen-bond acceptors (Lipinski definition) is 5. The van der Waals surface area contributed by atoms with Crippen LogP contribution in [0.3, 0.4) is 0 Å². The van der Waals surface area contributed by atoms with Gasteiger partial charge >= 0.3 is 5.00 Å². The van der Waals surface area contributed by atoms with Crippen LogP contribution in [0.15, 0.2) is 12.1 Å². The molecule has 2 rings (SSSR count). The molecule has 1 saturated heterocycles. The molecule has 5 nitrogen and oxygen atoms in total.